The van der Waals surface area contributed by atoms with Crippen molar-refractivity contribution in [1.29, 1.82) is 0 Å². The van der Waals surface area contributed by atoms with Gasteiger partial charge in [-0.05, 0) is 47.8 Å². The summed E-state index contributed by atoms with van der Waals surface area (Å²) < 4.78 is 1.03. The molecule has 0 aliphatic heterocycles. The van der Waals surface area contributed by atoms with Crippen LogP contribution in [0, 0.1) is 6.92 Å². The number of rotatable bonds is 5. The molecule has 14 heavy (non-hydrogen) atoms. The van der Waals surface area contributed by atoms with E-state index in [1.807, 2.05) is 19.1 Å². The molecular formula is C10H15BrN2O. The Morgan fingerprint density at radius 3 is 2.86 bits per heavy atom. The number of nitrogens with zero attached hydrogens (tertiary/aromatic N) is 1. The van der Waals surface area contributed by atoms with E-state index in [-0.39, 0.29) is 6.61 Å². The lowest BCUT2D eigenvalue weighted by molar-refractivity contribution is 0.286. The second kappa shape index (κ2) is 5.98. The van der Waals surface area contributed by atoms with Gasteiger partial charge in [0.1, 0.15) is 5.82 Å². The zero-order valence-electron chi connectivity index (χ0n) is 8.26. The van der Waals surface area contributed by atoms with Crippen LogP contribution in [0.25, 0.3) is 0 Å². The first kappa shape index (κ1) is 11.5. The lowest BCUT2D eigenvalue weighted by Crippen LogP contribution is -2.04. The number of pyridine rings is 1. The molecule has 1 aromatic heterocycles. The first-order valence-electron chi connectivity index (χ1n) is 4.72. The minimum atomic E-state index is 0.258. The number of halogens is 1. The summed E-state index contributed by atoms with van der Waals surface area (Å²) in [6.07, 6.45) is 1.80. The zero-order valence-corrected chi connectivity index (χ0v) is 9.84. The molecule has 0 atom stereocenters. The van der Waals surface area contributed by atoms with Gasteiger partial charge < -0.3 is 10.4 Å². The van der Waals surface area contributed by atoms with Gasteiger partial charge in [-0.2, -0.15) is 0 Å². The summed E-state index contributed by atoms with van der Waals surface area (Å²) in [7, 11) is 0. The van der Waals surface area contributed by atoms with Gasteiger partial charge in [0.15, 0.2) is 0 Å². The SMILES string of the molecule is Cc1nc(NCCCCO)ccc1Br. The fraction of sp³-hybridized carbons (Fsp3) is 0.500. The standard InChI is InChI=1S/C10H15BrN2O/c1-8-9(11)4-5-10(13-8)12-6-2-3-7-14/h4-5,14H,2-3,6-7H2,1H3,(H,12,13). The monoisotopic (exact) mass is 258 g/mol. The Bertz CT molecular complexity index is 291. The molecular weight excluding hydrogens is 244 g/mol. The van der Waals surface area contributed by atoms with E-state index in [0.29, 0.717) is 0 Å². The number of aliphatic hydroxyl groups excluding tert-OH is 1. The Hall–Kier alpha value is -0.610. The van der Waals surface area contributed by atoms with Crippen molar-refractivity contribution in [3.05, 3.63) is 22.3 Å². The van der Waals surface area contributed by atoms with E-state index in [2.05, 4.69) is 26.2 Å². The highest BCUT2D eigenvalue weighted by molar-refractivity contribution is 9.10. The summed E-state index contributed by atoms with van der Waals surface area (Å²) in [5, 5.41) is 11.8. The first-order chi connectivity index (χ1) is 6.74. The Morgan fingerprint density at radius 1 is 1.43 bits per heavy atom. The lowest BCUT2D eigenvalue weighted by Gasteiger charge is -2.06. The summed E-state index contributed by atoms with van der Waals surface area (Å²) in [4.78, 5) is 4.35. The van der Waals surface area contributed by atoms with Crippen molar-refractivity contribution in [1.82, 2.24) is 4.98 Å². The molecule has 3 nitrogen and oxygen atoms in total. The average Bonchev–Trinajstić information content (AvgIpc) is 2.18. The van der Waals surface area contributed by atoms with E-state index in [4.69, 9.17) is 5.11 Å². The Labute approximate surface area is 92.7 Å². The number of aliphatic hydroxyl groups is 1. The van der Waals surface area contributed by atoms with E-state index >= 15 is 0 Å². The molecule has 0 aliphatic carbocycles. The third-order valence-corrected chi connectivity index (χ3v) is 2.75. The molecule has 78 valence electrons. The fourth-order valence-electron chi connectivity index (χ4n) is 1.10. The van der Waals surface area contributed by atoms with Crippen LogP contribution in [0.3, 0.4) is 0 Å². The molecule has 0 saturated carbocycles. The van der Waals surface area contributed by atoms with Gasteiger partial charge >= 0.3 is 0 Å². The molecule has 0 spiro atoms. The van der Waals surface area contributed by atoms with Crippen LogP contribution in [0.15, 0.2) is 16.6 Å². The molecule has 1 heterocycles. The summed E-state index contributed by atoms with van der Waals surface area (Å²) >= 11 is 3.40. The molecule has 0 aromatic carbocycles. The van der Waals surface area contributed by atoms with Gasteiger partial charge in [-0.3, -0.25) is 0 Å². The zero-order chi connectivity index (χ0) is 10.4. The summed E-state index contributed by atoms with van der Waals surface area (Å²) in [6.45, 7) is 3.08. The van der Waals surface area contributed by atoms with Crippen molar-refractivity contribution >= 4 is 21.7 Å². The van der Waals surface area contributed by atoms with Crippen molar-refractivity contribution in [3.63, 3.8) is 0 Å². The number of nitrogens with one attached hydrogen (secondary N) is 1. The molecule has 0 aliphatic rings. The maximum atomic E-state index is 8.59. The Kier molecular flexibility index (Phi) is 4.90. The van der Waals surface area contributed by atoms with E-state index < -0.39 is 0 Å². The van der Waals surface area contributed by atoms with Crippen molar-refractivity contribution in [2.24, 2.45) is 0 Å². The predicted molar refractivity (Wildman–Crippen MR) is 61.5 cm³/mol. The summed E-state index contributed by atoms with van der Waals surface area (Å²) in [5.41, 5.74) is 0.983. The minimum absolute atomic E-state index is 0.258. The largest absolute Gasteiger partial charge is 0.396 e. The number of aryl methyl sites for hydroxylation is 1. The van der Waals surface area contributed by atoms with Gasteiger partial charge in [-0.25, -0.2) is 4.98 Å². The van der Waals surface area contributed by atoms with Gasteiger partial charge in [0.05, 0.1) is 5.69 Å². The van der Waals surface area contributed by atoms with Crippen molar-refractivity contribution in [2.75, 3.05) is 18.5 Å². The molecule has 1 aromatic rings. The van der Waals surface area contributed by atoms with Crippen molar-refractivity contribution in [2.45, 2.75) is 19.8 Å². The van der Waals surface area contributed by atoms with Gasteiger partial charge in [0, 0.05) is 17.6 Å². The van der Waals surface area contributed by atoms with E-state index in [1.165, 1.54) is 0 Å². The number of hydrogen-bond acceptors (Lipinski definition) is 3. The van der Waals surface area contributed by atoms with E-state index in [0.717, 1.165) is 35.4 Å². The second-order valence-electron chi connectivity index (χ2n) is 3.12. The number of anilines is 1. The number of aromatic nitrogens is 1. The van der Waals surface area contributed by atoms with Crippen LogP contribution in [-0.2, 0) is 0 Å². The van der Waals surface area contributed by atoms with Crippen LogP contribution in [0.4, 0.5) is 5.82 Å². The highest BCUT2D eigenvalue weighted by Crippen LogP contribution is 2.15. The van der Waals surface area contributed by atoms with Crippen LogP contribution in [0.2, 0.25) is 0 Å². The molecule has 0 amide bonds. The quantitative estimate of drug-likeness (QED) is 0.798. The molecule has 0 bridgehead atoms. The maximum Gasteiger partial charge on any atom is 0.126 e. The van der Waals surface area contributed by atoms with Gasteiger partial charge in [0.25, 0.3) is 0 Å². The maximum absolute atomic E-state index is 8.59. The second-order valence-corrected chi connectivity index (χ2v) is 3.98. The normalized spacial score (nSPS) is 10.2. The molecule has 0 radical (unpaired) electrons. The molecule has 4 heteroatoms. The van der Waals surface area contributed by atoms with E-state index in [9.17, 15) is 0 Å². The Morgan fingerprint density at radius 2 is 2.21 bits per heavy atom. The van der Waals surface area contributed by atoms with Gasteiger partial charge in [-0.1, -0.05) is 0 Å². The van der Waals surface area contributed by atoms with Gasteiger partial charge in [-0.15, -0.1) is 0 Å². The molecule has 0 fully saturated rings. The summed E-state index contributed by atoms with van der Waals surface area (Å²) in [5.74, 6) is 0.892. The van der Waals surface area contributed by atoms with Crippen molar-refractivity contribution in [3.8, 4) is 0 Å². The topological polar surface area (TPSA) is 45.2 Å². The molecule has 0 unspecified atom stereocenters. The number of unbranched alkanes of at least 4 members (excludes halogenated alkanes) is 1. The molecule has 1 rings (SSSR count). The first-order valence-corrected chi connectivity index (χ1v) is 5.51. The van der Waals surface area contributed by atoms with Crippen LogP contribution >= 0.6 is 15.9 Å². The third kappa shape index (κ3) is 3.64. The molecule has 0 saturated heterocycles. The predicted octanol–water partition coefficient (Wildman–Crippen LogP) is 2.34. The van der Waals surface area contributed by atoms with Crippen molar-refractivity contribution < 1.29 is 5.11 Å². The number of hydrogen-bond donors (Lipinski definition) is 2. The van der Waals surface area contributed by atoms with Gasteiger partial charge in [0.2, 0.25) is 0 Å². The lowest BCUT2D eigenvalue weighted by atomic mass is 10.3. The Balaban J connectivity index is 2.39. The molecule has 2 N–H and O–H groups in total. The van der Waals surface area contributed by atoms with Crippen LogP contribution in [0.5, 0.6) is 0 Å². The van der Waals surface area contributed by atoms with E-state index in [1.54, 1.807) is 0 Å². The smallest absolute Gasteiger partial charge is 0.126 e. The highest BCUT2D eigenvalue weighted by Gasteiger charge is 1.97. The van der Waals surface area contributed by atoms with Crippen LogP contribution < -0.4 is 5.32 Å². The third-order valence-electron chi connectivity index (χ3n) is 1.91. The van der Waals surface area contributed by atoms with Crippen LogP contribution in [-0.4, -0.2) is 23.2 Å². The minimum Gasteiger partial charge on any atom is -0.396 e. The highest BCUT2D eigenvalue weighted by atomic mass is 79.9. The summed E-state index contributed by atoms with van der Waals surface area (Å²) in [6, 6.07) is 3.92. The van der Waals surface area contributed by atoms with Crippen LogP contribution in [0.1, 0.15) is 18.5 Å². The average molecular weight is 259 g/mol. The fourth-order valence-corrected chi connectivity index (χ4v) is 1.32.